The highest BCUT2D eigenvalue weighted by Gasteiger charge is 2.35. The largest absolute Gasteiger partial charge is 0.463 e. The first kappa shape index (κ1) is 19.5. The normalized spacial score (nSPS) is 16.3. The monoisotopic (exact) mass is 386 g/mol. The van der Waals surface area contributed by atoms with Crippen molar-refractivity contribution in [1.82, 2.24) is 14.8 Å². The first-order chi connectivity index (χ1) is 12.9. The van der Waals surface area contributed by atoms with Crippen LogP contribution in [0.15, 0.2) is 40.7 Å². The van der Waals surface area contributed by atoms with Gasteiger partial charge < -0.3 is 10.1 Å². The van der Waals surface area contributed by atoms with Crippen LogP contribution >= 0.6 is 11.8 Å². The lowest BCUT2D eigenvalue weighted by molar-refractivity contribution is -0.139. The zero-order valence-electron chi connectivity index (χ0n) is 16.4. The number of ether oxygens (including phenoxy) is 1. The number of hydrogen-bond donors (Lipinski definition) is 1. The number of aromatic nitrogens is 3. The van der Waals surface area contributed by atoms with Crippen molar-refractivity contribution < 1.29 is 9.53 Å². The minimum Gasteiger partial charge on any atom is -0.463 e. The molecule has 0 aliphatic carbocycles. The molecule has 1 aliphatic heterocycles. The number of nitrogens with zero attached hydrogens (tertiary/aromatic N) is 3. The molecule has 3 rings (SSSR count). The predicted molar refractivity (Wildman–Crippen MR) is 108 cm³/mol. The summed E-state index contributed by atoms with van der Waals surface area (Å²) in [6.45, 7) is 10.4. The van der Waals surface area contributed by atoms with E-state index >= 15 is 0 Å². The van der Waals surface area contributed by atoms with Gasteiger partial charge in [0.2, 0.25) is 11.1 Å². The summed E-state index contributed by atoms with van der Waals surface area (Å²) in [6.07, 6.45) is 0. The fraction of sp³-hybridized carbons (Fsp3) is 0.450. The molecule has 0 amide bonds. The van der Waals surface area contributed by atoms with E-state index in [1.165, 1.54) is 0 Å². The van der Waals surface area contributed by atoms with Gasteiger partial charge in [0.25, 0.3) is 0 Å². The van der Waals surface area contributed by atoms with Gasteiger partial charge in [-0.3, -0.25) is 0 Å². The summed E-state index contributed by atoms with van der Waals surface area (Å²) in [7, 11) is 0. The molecule has 1 aromatic heterocycles. The van der Waals surface area contributed by atoms with Crippen molar-refractivity contribution in [2.75, 3.05) is 17.7 Å². The van der Waals surface area contributed by atoms with Crippen molar-refractivity contribution in [2.45, 2.75) is 45.8 Å². The fourth-order valence-electron chi connectivity index (χ4n) is 3.09. The molecular weight excluding hydrogens is 360 g/mol. The van der Waals surface area contributed by atoms with Gasteiger partial charge in [-0.25, -0.2) is 9.48 Å². The molecule has 1 atom stereocenters. The van der Waals surface area contributed by atoms with Crippen LogP contribution in [0.5, 0.6) is 0 Å². The number of carbonyl (C=O) groups is 1. The van der Waals surface area contributed by atoms with E-state index in [4.69, 9.17) is 9.84 Å². The Labute approximate surface area is 164 Å². The van der Waals surface area contributed by atoms with Crippen molar-refractivity contribution in [2.24, 2.45) is 5.92 Å². The molecule has 0 spiro atoms. The maximum absolute atomic E-state index is 12.7. The zero-order chi connectivity index (χ0) is 19.6. The van der Waals surface area contributed by atoms with E-state index in [-0.39, 0.29) is 12.0 Å². The molecule has 2 aromatic rings. The van der Waals surface area contributed by atoms with Crippen LogP contribution < -0.4 is 5.32 Å². The molecule has 0 fully saturated rings. The van der Waals surface area contributed by atoms with E-state index in [1.807, 2.05) is 49.7 Å². The Morgan fingerprint density at radius 1 is 1.33 bits per heavy atom. The highest BCUT2D eigenvalue weighted by atomic mass is 32.2. The Bertz CT molecular complexity index is 873. The van der Waals surface area contributed by atoms with Crippen LogP contribution in [-0.4, -0.2) is 33.1 Å². The van der Waals surface area contributed by atoms with E-state index in [1.54, 1.807) is 11.8 Å². The smallest absolute Gasteiger partial charge is 0.338 e. The fourth-order valence-corrected chi connectivity index (χ4v) is 3.87. The lowest BCUT2D eigenvalue weighted by Crippen LogP contribution is -2.30. The van der Waals surface area contributed by atoms with Crippen LogP contribution in [0.4, 0.5) is 5.95 Å². The van der Waals surface area contributed by atoms with Gasteiger partial charge in [0.1, 0.15) is 6.04 Å². The van der Waals surface area contributed by atoms with Gasteiger partial charge in [0.15, 0.2) is 0 Å². The molecule has 0 radical (unpaired) electrons. The number of allylic oxidation sites excluding steroid dienone is 1. The van der Waals surface area contributed by atoms with Crippen LogP contribution in [0, 0.1) is 12.8 Å². The Balaban J connectivity index is 2.09. The summed E-state index contributed by atoms with van der Waals surface area (Å²) in [4.78, 5) is 17.4. The van der Waals surface area contributed by atoms with Crippen molar-refractivity contribution >= 4 is 23.7 Å². The molecule has 27 heavy (non-hydrogen) atoms. The number of benzene rings is 1. The average Bonchev–Trinajstić information content (AvgIpc) is 3.02. The lowest BCUT2D eigenvalue weighted by Gasteiger charge is -2.28. The maximum Gasteiger partial charge on any atom is 0.338 e. The average molecular weight is 387 g/mol. The Morgan fingerprint density at radius 3 is 2.74 bits per heavy atom. The Hall–Kier alpha value is -2.28. The van der Waals surface area contributed by atoms with Crippen LogP contribution in [-0.2, 0) is 9.53 Å². The SMILES string of the molecule is CCOC(=O)C1=C(C)Nc2nc(SCC(C)C)nn2C1c1ccccc1C. The third kappa shape index (κ3) is 4.03. The first-order valence-corrected chi connectivity index (χ1v) is 10.2. The van der Waals surface area contributed by atoms with Gasteiger partial charge >= 0.3 is 5.97 Å². The van der Waals surface area contributed by atoms with Crippen molar-refractivity contribution in [3.05, 3.63) is 46.7 Å². The lowest BCUT2D eigenvalue weighted by atomic mass is 9.93. The van der Waals surface area contributed by atoms with E-state index in [2.05, 4.69) is 24.1 Å². The van der Waals surface area contributed by atoms with Crippen LogP contribution in [0.1, 0.15) is 44.9 Å². The van der Waals surface area contributed by atoms with Crippen molar-refractivity contribution in [1.29, 1.82) is 0 Å². The van der Waals surface area contributed by atoms with Gasteiger partial charge in [-0.1, -0.05) is 49.9 Å². The van der Waals surface area contributed by atoms with E-state index in [9.17, 15) is 4.79 Å². The highest BCUT2D eigenvalue weighted by molar-refractivity contribution is 7.99. The number of aryl methyl sites for hydroxylation is 1. The van der Waals surface area contributed by atoms with Crippen molar-refractivity contribution in [3.8, 4) is 0 Å². The number of thioether (sulfide) groups is 1. The second kappa shape index (κ2) is 8.17. The number of rotatable bonds is 6. The van der Waals surface area contributed by atoms with Gasteiger partial charge in [-0.05, 0) is 37.8 Å². The van der Waals surface area contributed by atoms with Gasteiger partial charge in [-0.2, -0.15) is 4.98 Å². The summed E-state index contributed by atoms with van der Waals surface area (Å²) >= 11 is 1.63. The molecule has 0 saturated heterocycles. The zero-order valence-corrected chi connectivity index (χ0v) is 17.3. The summed E-state index contributed by atoms with van der Waals surface area (Å²) in [6, 6.07) is 7.69. The predicted octanol–water partition coefficient (Wildman–Crippen LogP) is 4.19. The quantitative estimate of drug-likeness (QED) is 0.593. The molecule has 1 N–H and O–H groups in total. The number of fused-ring (bicyclic) bond motifs is 1. The number of anilines is 1. The summed E-state index contributed by atoms with van der Waals surface area (Å²) in [5.74, 6) is 1.81. The van der Waals surface area contributed by atoms with Crippen LogP contribution in [0.2, 0.25) is 0 Å². The molecule has 6 nitrogen and oxygen atoms in total. The standard InChI is InChI=1S/C20H26N4O2S/c1-6-26-18(25)16-14(5)21-19-22-20(27-11-12(2)3)23-24(19)17(16)15-10-8-7-9-13(15)4/h7-10,12,17H,6,11H2,1-5H3,(H,21,22,23). The molecule has 2 heterocycles. The van der Waals surface area contributed by atoms with E-state index < -0.39 is 0 Å². The molecule has 1 unspecified atom stereocenters. The maximum atomic E-state index is 12.7. The summed E-state index contributed by atoms with van der Waals surface area (Å²) in [5, 5.41) is 8.66. The van der Waals surface area contributed by atoms with Gasteiger partial charge in [0, 0.05) is 11.4 Å². The first-order valence-electron chi connectivity index (χ1n) is 9.22. The van der Waals surface area contributed by atoms with Crippen LogP contribution in [0.25, 0.3) is 0 Å². The second-order valence-electron chi connectivity index (χ2n) is 7.01. The topological polar surface area (TPSA) is 69.0 Å². The van der Waals surface area contributed by atoms with E-state index in [0.29, 0.717) is 29.2 Å². The highest BCUT2D eigenvalue weighted by Crippen LogP contribution is 2.37. The molecule has 1 aromatic carbocycles. The molecule has 7 heteroatoms. The van der Waals surface area contributed by atoms with E-state index in [0.717, 1.165) is 22.6 Å². The summed E-state index contributed by atoms with van der Waals surface area (Å²) in [5.41, 5.74) is 3.44. The number of esters is 1. The molecule has 0 saturated carbocycles. The minimum absolute atomic E-state index is 0.326. The van der Waals surface area contributed by atoms with Gasteiger partial charge in [0.05, 0.1) is 12.2 Å². The molecule has 144 valence electrons. The number of nitrogens with one attached hydrogen (secondary N) is 1. The molecular formula is C20H26N4O2S. The third-order valence-electron chi connectivity index (χ3n) is 4.36. The summed E-state index contributed by atoms with van der Waals surface area (Å²) < 4.78 is 7.15. The Kier molecular flexibility index (Phi) is 5.89. The minimum atomic E-state index is -0.359. The second-order valence-corrected chi connectivity index (χ2v) is 8.00. The molecule has 1 aliphatic rings. The number of hydrogen-bond acceptors (Lipinski definition) is 6. The third-order valence-corrected chi connectivity index (χ3v) is 5.62. The Morgan fingerprint density at radius 2 is 2.07 bits per heavy atom. The van der Waals surface area contributed by atoms with Crippen molar-refractivity contribution in [3.63, 3.8) is 0 Å². The number of carbonyl (C=O) groups excluding carboxylic acids is 1. The van der Waals surface area contributed by atoms with Gasteiger partial charge in [-0.15, -0.1) is 5.10 Å². The molecule has 0 bridgehead atoms. The van der Waals surface area contributed by atoms with Crippen LogP contribution in [0.3, 0.4) is 0 Å².